The summed E-state index contributed by atoms with van der Waals surface area (Å²) in [6, 6.07) is 7.62. The van der Waals surface area contributed by atoms with Gasteiger partial charge in [0.1, 0.15) is 11.9 Å². The van der Waals surface area contributed by atoms with E-state index < -0.39 is 18.2 Å². The zero-order valence-electron chi connectivity index (χ0n) is 16.7. The van der Waals surface area contributed by atoms with Gasteiger partial charge in [-0.05, 0) is 46.9 Å². The number of rotatable bonds is 5. The number of methoxy groups -OCH3 is 1. The fourth-order valence-electron chi connectivity index (χ4n) is 3.53. The normalized spacial score (nSPS) is 19.6. The van der Waals surface area contributed by atoms with E-state index in [9.17, 15) is 19.4 Å². The molecule has 2 atom stereocenters. The Morgan fingerprint density at radius 1 is 1.28 bits per heavy atom. The Labute approximate surface area is 169 Å². The van der Waals surface area contributed by atoms with Crippen LogP contribution in [0.4, 0.5) is 4.39 Å². The Kier molecular flexibility index (Phi) is 6.23. The predicted octanol–water partition coefficient (Wildman–Crippen LogP) is 4.41. The second-order valence-electron chi connectivity index (χ2n) is 7.45. The molecule has 1 aliphatic rings. The third-order valence-corrected chi connectivity index (χ3v) is 4.98. The summed E-state index contributed by atoms with van der Waals surface area (Å²) in [4.78, 5) is 11.6. The Hall–Kier alpha value is -2.86. The summed E-state index contributed by atoms with van der Waals surface area (Å²) < 4.78 is 24.1. The van der Waals surface area contributed by atoms with Gasteiger partial charge in [0.25, 0.3) is 0 Å². The zero-order chi connectivity index (χ0) is 21.1. The van der Waals surface area contributed by atoms with Gasteiger partial charge in [-0.25, -0.2) is 4.39 Å². The van der Waals surface area contributed by atoms with Crippen LogP contribution in [0.3, 0.4) is 0 Å². The van der Waals surface area contributed by atoms with Crippen molar-refractivity contribution in [2.24, 2.45) is 0 Å². The largest absolute Gasteiger partial charge is 0.504 e. The molecule has 0 amide bonds. The first-order chi connectivity index (χ1) is 13.8. The molecule has 2 aromatic carbocycles. The number of aromatic hydroxyl groups is 1. The van der Waals surface area contributed by atoms with Gasteiger partial charge >= 0.3 is 5.97 Å². The fourth-order valence-corrected chi connectivity index (χ4v) is 3.53. The van der Waals surface area contributed by atoms with Gasteiger partial charge in [0.05, 0.1) is 19.6 Å². The third kappa shape index (κ3) is 4.59. The molecule has 3 rings (SSSR count). The van der Waals surface area contributed by atoms with Crippen LogP contribution in [0.15, 0.2) is 36.4 Å². The molecule has 2 aromatic rings. The smallest absolute Gasteiger partial charge is 0.309 e. The molecule has 1 saturated heterocycles. The van der Waals surface area contributed by atoms with Crippen molar-refractivity contribution in [2.75, 3.05) is 7.11 Å². The molecule has 29 heavy (non-hydrogen) atoms. The summed E-state index contributed by atoms with van der Waals surface area (Å²) in [5, 5.41) is 20.7. The maximum Gasteiger partial charge on any atom is 0.309 e. The number of hydrogen-bond donors (Lipinski definition) is 2. The Morgan fingerprint density at radius 2 is 1.97 bits per heavy atom. The van der Waals surface area contributed by atoms with Crippen molar-refractivity contribution in [1.29, 1.82) is 0 Å². The predicted molar refractivity (Wildman–Crippen MR) is 108 cm³/mol. The van der Waals surface area contributed by atoms with E-state index in [4.69, 9.17) is 9.47 Å². The van der Waals surface area contributed by atoms with Gasteiger partial charge in [-0.3, -0.25) is 4.79 Å². The number of phenolic OH excluding ortho intramolecular Hbond substituents is 1. The van der Waals surface area contributed by atoms with Gasteiger partial charge in [0, 0.05) is 12.0 Å². The number of halogens is 1. The maximum absolute atomic E-state index is 13.4. The summed E-state index contributed by atoms with van der Waals surface area (Å²) >= 11 is 0. The lowest BCUT2D eigenvalue weighted by Crippen LogP contribution is -2.31. The Balaban J connectivity index is 2.14. The Morgan fingerprint density at radius 3 is 2.55 bits per heavy atom. The molecule has 0 bridgehead atoms. The fraction of sp³-hybridized carbons (Fsp3) is 0.348. The number of hydrogen-bond acceptors (Lipinski definition) is 5. The van der Waals surface area contributed by atoms with Crippen molar-refractivity contribution >= 4 is 12.0 Å². The summed E-state index contributed by atoms with van der Waals surface area (Å²) in [5.41, 5.74) is 2.77. The molecule has 6 heteroatoms. The molecule has 0 spiro atoms. The van der Waals surface area contributed by atoms with Crippen molar-refractivity contribution in [1.82, 2.24) is 0 Å². The van der Waals surface area contributed by atoms with E-state index in [1.54, 1.807) is 30.4 Å². The first-order valence-corrected chi connectivity index (χ1v) is 9.55. The third-order valence-electron chi connectivity index (χ3n) is 4.98. The standard InChI is InChI=1S/C23H25FO5/c1-13(2)19-12-20(28-3)23(27)22(14-4-6-15(24)7-5-14)18(19)9-8-17-10-16(25)11-21(26)29-17/h4-9,12-13,16-17,25,27H,10-11H2,1-3H3/t16-,17-/m0/s1. The summed E-state index contributed by atoms with van der Waals surface area (Å²) in [6.07, 6.45) is 2.50. The van der Waals surface area contributed by atoms with Crippen LogP contribution in [-0.2, 0) is 9.53 Å². The number of cyclic esters (lactones) is 1. The molecule has 0 saturated carbocycles. The van der Waals surface area contributed by atoms with Gasteiger partial charge in [-0.15, -0.1) is 0 Å². The molecule has 1 aliphatic heterocycles. The number of aliphatic hydroxyl groups is 1. The van der Waals surface area contributed by atoms with Gasteiger partial charge in [0.2, 0.25) is 0 Å². The van der Waals surface area contributed by atoms with Crippen LogP contribution in [0, 0.1) is 5.82 Å². The molecule has 0 aliphatic carbocycles. The van der Waals surface area contributed by atoms with Crippen molar-refractivity contribution in [3.05, 3.63) is 53.4 Å². The molecule has 2 N–H and O–H groups in total. The topological polar surface area (TPSA) is 76.0 Å². The van der Waals surface area contributed by atoms with E-state index in [1.165, 1.54) is 19.2 Å². The van der Waals surface area contributed by atoms with Crippen molar-refractivity contribution in [2.45, 2.75) is 44.8 Å². The summed E-state index contributed by atoms with van der Waals surface area (Å²) in [5.74, 6) is -0.449. The van der Waals surface area contributed by atoms with E-state index in [2.05, 4.69) is 0 Å². The summed E-state index contributed by atoms with van der Waals surface area (Å²) in [6.45, 7) is 4.03. The van der Waals surface area contributed by atoms with E-state index >= 15 is 0 Å². The van der Waals surface area contributed by atoms with Crippen LogP contribution < -0.4 is 4.74 Å². The lowest BCUT2D eigenvalue weighted by Gasteiger charge is -2.24. The molecule has 0 unspecified atom stereocenters. The number of esters is 1. The average molecular weight is 400 g/mol. The number of aliphatic hydroxyl groups excluding tert-OH is 1. The molecule has 154 valence electrons. The van der Waals surface area contributed by atoms with Crippen LogP contribution in [0.1, 0.15) is 43.7 Å². The minimum atomic E-state index is -0.740. The number of benzene rings is 2. The quantitative estimate of drug-likeness (QED) is 0.727. The monoisotopic (exact) mass is 400 g/mol. The highest BCUT2D eigenvalue weighted by Gasteiger charge is 2.26. The molecular formula is C23H25FO5. The van der Waals surface area contributed by atoms with Crippen molar-refractivity contribution < 1.29 is 28.9 Å². The highest BCUT2D eigenvalue weighted by atomic mass is 19.1. The minimum Gasteiger partial charge on any atom is -0.504 e. The Bertz CT molecular complexity index is 918. The lowest BCUT2D eigenvalue weighted by atomic mass is 9.88. The van der Waals surface area contributed by atoms with Gasteiger partial charge < -0.3 is 19.7 Å². The van der Waals surface area contributed by atoms with E-state index in [1.807, 2.05) is 13.8 Å². The molecule has 5 nitrogen and oxygen atoms in total. The van der Waals surface area contributed by atoms with Crippen molar-refractivity contribution in [3.63, 3.8) is 0 Å². The van der Waals surface area contributed by atoms with E-state index in [-0.39, 0.29) is 23.9 Å². The van der Waals surface area contributed by atoms with Gasteiger partial charge in [-0.2, -0.15) is 0 Å². The lowest BCUT2D eigenvalue weighted by molar-refractivity contribution is -0.156. The van der Waals surface area contributed by atoms with Crippen LogP contribution in [0.5, 0.6) is 11.5 Å². The first kappa shape index (κ1) is 20.9. The zero-order valence-corrected chi connectivity index (χ0v) is 16.7. The highest BCUT2D eigenvalue weighted by molar-refractivity contribution is 5.85. The summed E-state index contributed by atoms with van der Waals surface area (Å²) in [7, 11) is 1.48. The SMILES string of the molecule is COc1cc(C(C)C)c(C=C[C@H]2C[C@H](O)CC(=O)O2)c(-c2ccc(F)cc2)c1O. The number of carbonyl (C=O) groups is 1. The molecule has 1 fully saturated rings. The van der Waals surface area contributed by atoms with E-state index in [0.29, 0.717) is 23.3 Å². The van der Waals surface area contributed by atoms with Crippen LogP contribution in [-0.4, -0.2) is 35.5 Å². The number of ether oxygens (including phenoxy) is 2. The maximum atomic E-state index is 13.4. The van der Waals surface area contributed by atoms with Crippen LogP contribution in [0.25, 0.3) is 17.2 Å². The van der Waals surface area contributed by atoms with Crippen LogP contribution in [0.2, 0.25) is 0 Å². The molecule has 1 heterocycles. The van der Waals surface area contributed by atoms with Gasteiger partial charge in [-0.1, -0.05) is 32.1 Å². The van der Waals surface area contributed by atoms with Crippen LogP contribution >= 0.6 is 0 Å². The average Bonchev–Trinajstić information content (AvgIpc) is 2.66. The molecular weight excluding hydrogens is 375 g/mol. The van der Waals surface area contributed by atoms with E-state index in [0.717, 1.165) is 11.1 Å². The van der Waals surface area contributed by atoms with Gasteiger partial charge in [0.15, 0.2) is 11.5 Å². The molecule has 0 radical (unpaired) electrons. The second kappa shape index (κ2) is 8.66. The number of phenols is 1. The second-order valence-corrected chi connectivity index (χ2v) is 7.45. The number of carbonyl (C=O) groups excluding carboxylic acids is 1. The highest BCUT2D eigenvalue weighted by Crippen LogP contribution is 2.44. The minimum absolute atomic E-state index is 0.00820. The molecule has 0 aromatic heterocycles. The first-order valence-electron chi connectivity index (χ1n) is 9.55. The van der Waals surface area contributed by atoms with Crippen molar-refractivity contribution in [3.8, 4) is 22.6 Å².